The van der Waals surface area contributed by atoms with E-state index in [-0.39, 0.29) is 11.8 Å². The molecule has 7 nitrogen and oxygen atoms in total. The molecular formula is C17H29N5O2S. The van der Waals surface area contributed by atoms with Crippen molar-refractivity contribution in [3.63, 3.8) is 0 Å². The van der Waals surface area contributed by atoms with E-state index in [0.29, 0.717) is 18.9 Å². The maximum Gasteiger partial charge on any atom is 0.191 e. The molecule has 2 rings (SSSR count). The average molecular weight is 368 g/mol. The lowest BCUT2D eigenvalue weighted by atomic mass is 10.2. The summed E-state index contributed by atoms with van der Waals surface area (Å²) in [6, 6.07) is 4.16. The van der Waals surface area contributed by atoms with Gasteiger partial charge in [0.2, 0.25) is 0 Å². The first-order valence-electron chi connectivity index (χ1n) is 8.72. The highest BCUT2D eigenvalue weighted by Gasteiger charge is 2.13. The van der Waals surface area contributed by atoms with Gasteiger partial charge in [-0.2, -0.15) is 0 Å². The number of guanidine groups is 1. The molecule has 0 amide bonds. The van der Waals surface area contributed by atoms with Crippen LogP contribution in [0.1, 0.15) is 31.7 Å². The van der Waals surface area contributed by atoms with E-state index in [0.717, 1.165) is 24.5 Å². The number of pyridine rings is 1. The highest BCUT2D eigenvalue weighted by Crippen LogP contribution is 2.17. The Balaban J connectivity index is 1.79. The Hall–Kier alpha value is -1.83. The van der Waals surface area contributed by atoms with Gasteiger partial charge >= 0.3 is 0 Å². The van der Waals surface area contributed by atoms with E-state index in [1.165, 1.54) is 19.1 Å². The van der Waals surface area contributed by atoms with E-state index in [9.17, 15) is 8.42 Å². The molecule has 0 radical (unpaired) electrons. The van der Waals surface area contributed by atoms with Crippen molar-refractivity contribution < 1.29 is 8.42 Å². The SMILES string of the molecule is CN=C(NCc1ccc(N2CCCC2)nc1)NC(C)CCS(C)(=O)=O. The summed E-state index contributed by atoms with van der Waals surface area (Å²) in [5.41, 5.74) is 1.08. The van der Waals surface area contributed by atoms with Gasteiger partial charge in [0.15, 0.2) is 5.96 Å². The van der Waals surface area contributed by atoms with Crippen LogP contribution in [0.2, 0.25) is 0 Å². The molecule has 1 aromatic heterocycles. The summed E-state index contributed by atoms with van der Waals surface area (Å²) in [5.74, 6) is 1.86. The fourth-order valence-corrected chi connectivity index (χ4v) is 3.51. The number of aromatic nitrogens is 1. The number of hydrogen-bond donors (Lipinski definition) is 2. The molecule has 140 valence electrons. The van der Waals surface area contributed by atoms with E-state index >= 15 is 0 Å². The first-order chi connectivity index (χ1) is 11.9. The summed E-state index contributed by atoms with van der Waals surface area (Å²) >= 11 is 0. The second kappa shape index (κ2) is 9.03. The van der Waals surface area contributed by atoms with Crippen molar-refractivity contribution in [1.29, 1.82) is 0 Å². The Bertz CT molecular complexity index is 667. The summed E-state index contributed by atoms with van der Waals surface area (Å²) < 4.78 is 22.5. The lowest BCUT2D eigenvalue weighted by molar-refractivity contribution is 0.581. The minimum Gasteiger partial charge on any atom is -0.357 e. The van der Waals surface area contributed by atoms with Crippen LogP contribution in [0.3, 0.4) is 0 Å². The molecule has 0 bridgehead atoms. The molecular weight excluding hydrogens is 338 g/mol. The van der Waals surface area contributed by atoms with E-state index in [4.69, 9.17) is 0 Å². The Labute approximate surface area is 150 Å². The van der Waals surface area contributed by atoms with Gasteiger partial charge in [0, 0.05) is 45.2 Å². The molecule has 1 saturated heterocycles. The molecule has 0 saturated carbocycles. The van der Waals surface area contributed by atoms with Gasteiger partial charge in [-0.15, -0.1) is 0 Å². The minimum atomic E-state index is -2.94. The standard InChI is InChI=1S/C17H29N5O2S/c1-14(8-11-25(3,23)24)21-17(18-2)20-13-15-6-7-16(19-12-15)22-9-4-5-10-22/h6-7,12,14H,4-5,8-11,13H2,1-3H3,(H2,18,20,21). The van der Waals surface area contributed by atoms with Gasteiger partial charge in [0.05, 0.1) is 5.75 Å². The number of sulfone groups is 1. The quantitative estimate of drug-likeness (QED) is 0.556. The van der Waals surface area contributed by atoms with Crippen LogP contribution < -0.4 is 15.5 Å². The zero-order valence-corrected chi connectivity index (χ0v) is 16.1. The van der Waals surface area contributed by atoms with Crippen molar-refractivity contribution in [3.05, 3.63) is 23.9 Å². The summed E-state index contributed by atoms with van der Waals surface area (Å²) in [5, 5.41) is 6.45. The van der Waals surface area contributed by atoms with Crippen molar-refractivity contribution in [2.24, 2.45) is 4.99 Å². The lowest BCUT2D eigenvalue weighted by Crippen LogP contribution is -2.42. The van der Waals surface area contributed by atoms with Gasteiger partial charge in [0.25, 0.3) is 0 Å². The largest absolute Gasteiger partial charge is 0.357 e. The van der Waals surface area contributed by atoms with Gasteiger partial charge in [-0.1, -0.05) is 6.07 Å². The smallest absolute Gasteiger partial charge is 0.191 e. The van der Waals surface area contributed by atoms with Gasteiger partial charge in [0.1, 0.15) is 15.7 Å². The summed E-state index contributed by atoms with van der Waals surface area (Å²) in [4.78, 5) is 11.0. The number of anilines is 1. The molecule has 25 heavy (non-hydrogen) atoms. The first-order valence-corrected chi connectivity index (χ1v) is 10.8. The van der Waals surface area contributed by atoms with Crippen molar-refractivity contribution in [3.8, 4) is 0 Å². The Morgan fingerprint density at radius 3 is 2.64 bits per heavy atom. The Kier molecular flexibility index (Phi) is 7.04. The van der Waals surface area contributed by atoms with Crippen molar-refractivity contribution in [1.82, 2.24) is 15.6 Å². The monoisotopic (exact) mass is 367 g/mol. The third-order valence-corrected chi connectivity index (χ3v) is 5.20. The number of aliphatic imine (C=N–C) groups is 1. The van der Waals surface area contributed by atoms with Crippen LogP contribution in [0.4, 0.5) is 5.82 Å². The molecule has 0 aliphatic carbocycles. The maximum atomic E-state index is 11.2. The highest BCUT2D eigenvalue weighted by atomic mass is 32.2. The number of nitrogens with one attached hydrogen (secondary N) is 2. The van der Waals surface area contributed by atoms with Gasteiger partial charge in [-0.3, -0.25) is 4.99 Å². The maximum absolute atomic E-state index is 11.2. The van der Waals surface area contributed by atoms with Crippen molar-refractivity contribution in [2.75, 3.05) is 37.0 Å². The molecule has 1 aromatic rings. The molecule has 0 spiro atoms. The predicted octanol–water partition coefficient (Wildman–Crippen LogP) is 1.17. The normalized spacial score (nSPS) is 16.8. The van der Waals surface area contributed by atoms with Crippen molar-refractivity contribution >= 4 is 21.6 Å². The van der Waals surface area contributed by atoms with E-state index in [2.05, 4.69) is 37.6 Å². The molecule has 8 heteroatoms. The van der Waals surface area contributed by atoms with Gasteiger partial charge < -0.3 is 15.5 Å². The second-order valence-electron chi connectivity index (χ2n) is 6.61. The molecule has 1 unspecified atom stereocenters. The van der Waals surface area contributed by atoms with Crippen LogP contribution >= 0.6 is 0 Å². The second-order valence-corrected chi connectivity index (χ2v) is 8.87. The molecule has 1 atom stereocenters. The molecule has 1 fully saturated rings. The lowest BCUT2D eigenvalue weighted by Gasteiger charge is -2.18. The number of hydrogen-bond acceptors (Lipinski definition) is 5. The summed E-state index contributed by atoms with van der Waals surface area (Å²) in [6.07, 6.45) is 6.17. The molecule has 0 aromatic carbocycles. The fraction of sp³-hybridized carbons (Fsp3) is 0.647. The van der Waals surface area contributed by atoms with E-state index in [1.807, 2.05) is 13.1 Å². The van der Waals surface area contributed by atoms with E-state index in [1.54, 1.807) is 7.05 Å². The van der Waals surface area contributed by atoms with Crippen LogP contribution in [0.25, 0.3) is 0 Å². The predicted molar refractivity (Wildman–Crippen MR) is 103 cm³/mol. The van der Waals surface area contributed by atoms with E-state index < -0.39 is 9.84 Å². The molecule has 2 N–H and O–H groups in total. The number of rotatable bonds is 7. The van der Waals surface area contributed by atoms with Crippen molar-refractivity contribution in [2.45, 2.75) is 38.8 Å². The molecule has 1 aliphatic heterocycles. The first kappa shape index (κ1) is 19.5. The zero-order valence-electron chi connectivity index (χ0n) is 15.3. The fourth-order valence-electron chi connectivity index (χ4n) is 2.73. The Morgan fingerprint density at radius 1 is 1.36 bits per heavy atom. The Morgan fingerprint density at radius 2 is 2.08 bits per heavy atom. The van der Waals surface area contributed by atoms with Crippen LogP contribution in [-0.2, 0) is 16.4 Å². The summed E-state index contributed by atoms with van der Waals surface area (Å²) in [6.45, 7) is 4.75. The zero-order chi connectivity index (χ0) is 18.3. The number of nitrogens with zero attached hydrogens (tertiary/aromatic N) is 3. The topological polar surface area (TPSA) is 86.7 Å². The van der Waals surface area contributed by atoms with Crippen LogP contribution in [0.15, 0.2) is 23.3 Å². The van der Waals surface area contributed by atoms with Gasteiger partial charge in [-0.05, 0) is 37.8 Å². The minimum absolute atomic E-state index is 0.0246. The molecule has 2 heterocycles. The van der Waals surface area contributed by atoms with Crippen LogP contribution in [0.5, 0.6) is 0 Å². The molecule has 1 aliphatic rings. The van der Waals surface area contributed by atoms with Crippen LogP contribution in [-0.4, -0.2) is 57.5 Å². The highest BCUT2D eigenvalue weighted by molar-refractivity contribution is 7.90. The van der Waals surface area contributed by atoms with Crippen LogP contribution in [0, 0.1) is 0 Å². The third-order valence-electron chi connectivity index (χ3n) is 4.23. The van der Waals surface area contributed by atoms with Gasteiger partial charge in [-0.25, -0.2) is 13.4 Å². The third kappa shape index (κ3) is 6.89. The summed E-state index contributed by atoms with van der Waals surface area (Å²) in [7, 11) is -1.24. The average Bonchev–Trinajstić information content (AvgIpc) is 3.11.